The zero-order valence-corrected chi connectivity index (χ0v) is 10.4. The highest BCUT2D eigenvalue weighted by Gasteiger charge is 2.13. The minimum absolute atomic E-state index is 0.144. The van der Waals surface area contributed by atoms with E-state index in [4.69, 9.17) is 6.42 Å². The first-order chi connectivity index (χ1) is 9.11. The Kier molecular flexibility index (Phi) is 3.62. The number of nitrogens with zero attached hydrogens (tertiary/aromatic N) is 2. The van der Waals surface area contributed by atoms with Crippen molar-refractivity contribution in [3.63, 3.8) is 0 Å². The first-order valence-corrected chi connectivity index (χ1v) is 5.63. The fraction of sp³-hybridized carbons (Fsp3) is 0.143. The van der Waals surface area contributed by atoms with Crippen molar-refractivity contribution in [2.24, 2.45) is 7.05 Å². The molecule has 0 radical (unpaired) electrons. The molecule has 19 heavy (non-hydrogen) atoms. The summed E-state index contributed by atoms with van der Waals surface area (Å²) in [6, 6.07) is 7.71. The average Bonchev–Trinajstić information content (AvgIpc) is 2.78. The molecule has 0 saturated heterocycles. The number of amides is 1. The van der Waals surface area contributed by atoms with E-state index in [-0.39, 0.29) is 24.0 Å². The lowest BCUT2D eigenvalue weighted by atomic mass is 10.1. The summed E-state index contributed by atoms with van der Waals surface area (Å²) in [5, 5.41) is 6.61. The van der Waals surface area contributed by atoms with Gasteiger partial charge < -0.3 is 5.32 Å². The predicted octanol–water partition coefficient (Wildman–Crippen LogP) is 1.59. The Hall–Kier alpha value is -2.61. The molecule has 2 rings (SSSR count). The Labute approximate surface area is 110 Å². The fourth-order valence-electron chi connectivity index (χ4n) is 1.72. The van der Waals surface area contributed by atoms with E-state index in [9.17, 15) is 9.18 Å². The second-order valence-corrected chi connectivity index (χ2v) is 3.94. The van der Waals surface area contributed by atoms with Gasteiger partial charge in [-0.2, -0.15) is 5.10 Å². The summed E-state index contributed by atoms with van der Waals surface area (Å²) in [6.07, 6.45) is 5.07. The van der Waals surface area contributed by atoms with Crippen molar-refractivity contribution in [1.82, 2.24) is 15.1 Å². The van der Waals surface area contributed by atoms with E-state index in [0.29, 0.717) is 11.3 Å². The number of rotatable bonds is 3. The molecule has 1 N–H and O–H groups in total. The maximum absolute atomic E-state index is 13.2. The van der Waals surface area contributed by atoms with Gasteiger partial charge in [-0.05, 0) is 18.2 Å². The van der Waals surface area contributed by atoms with E-state index < -0.39 is 0 Å². The van der Waals surface area contributed by atoms with Crippen LogP contribution in [0.25, 0.3) is 11.3 Å². The van der Waals surface area contributed by atoms with Crippen LogP contribution in [-0.2, 0) is 7.05 Å². The van der Waals surface area contributed by atoms with Crippen molar-refractivity contribution in [1.29, 1.82) is 0 Å². The monoisotopic (exact) mass is 257 g/mol. The maximum Gasteiger partial charge on any atom is 0.272 e. The maximum atomic E-state index is 13.2. The average molecular weight is 257 g/mol. The summed E-state index contributed by atoms with van der Waals surface area (Å²) >= 11 is 0. The molecule has 1 aromatic carbocycles. The summed E-state index contributed by atoms with van der Waals surface area (Å²) in [4.78, 5) is 11.7. The van der Waals surface area contributed by atoms with Gasteiger partial charge in [0.1, 0.15) is 5.82 Å². The van der Waals surface area contributed by atoms with Crippen LogP contribution in [0.4, 0.5) is 4.39 Å². The van der Waals surface area contributed by atoms with Gasteiger partial charge in [-0.25, -0.2) is 4.39 Å². The van der Waals surface area contributed by atoms with Crippen LogP contribution in [0.1, 0.15) is 10.5 Å². The van der Waals surface area contributed by atoms with Gasteiger partial charge in [0.25, 0.3) is 5.91 Å². The van der Waals surface area contributed by atoms with Crippen LogP contribution in [0.15, 0.2) is 30.3 Å². The number of hydrogen-bond acceptors (Lipinski definition) is 2. The lowest BCUT2D eigenvalue weighted by molar-refractivity contribution is 0.0953. The molecule has 1 aromatic heterocycles. The van der Waals surface area contributed by atoms with Gasteiger partial charge in [-0.3, -0.25) is 9.48 Å². The van der Waals surface area contributed by atoms with Crippen LogP contribution in [0, 0.1) is 18.2 Å². The molecule has 0 bridgehead atoms. The molecule has 0 aliphatic heterocycles. The van der Waals surface area contributed by atoms with Crippen LogP contribution in [0.3, 0.4) is 0 Å². The molecular weight excluding hydrogens is 245 g/mol. The minimum atomic E-state index is -0.351. The zero-order valence-electron chi connectivity index (χ0n) is 10.4. The molecule has 0 saturated carbocycles. The lowest BCUT2D eigenvalue weighted by Gasteiger charge is -2.00. The lowest BCUT2D eigenvalue weighted by Crippen LogP contribution is -2.24. The zero-order chi connectivity index (χ0) is 13.8. The highest BCUT2D eigenvalue weighted by molar-refractivity contribution is 5.93. The van der Waals surface area contributed by atoms with Gasteiger partial charge in [0.2, 0.25) is 0 Å². The Balaban J connectivity index is 2.32. The number of aromatic nitrogens is 2. The molecule has 0 unspecified atom stereocenters. The number of hydrogen-bond donors (Lipinski definition) is 1. The second-order valence-electron chi connectivity index (χ2n) is 3.94. The molecule has 1 heterocycles. The normalized spacial score (nSPS) is 9.95. The van der Waals surface area contributed by atoms with Crippen molar-refractivity contribution in [3.8, 4) is 23.6 Å². The number of benzene rings is 1. The minimum Gasteiger partial charge on any atom is -0.340 e. The molecule has 0 spiro atoms. The molecule has 5 heteroatoms. The summed E-state index contributed by atoms with van der Waals surface area (Å²) < 4.78 is 14.7. The van der Waals surface area contributed by atoms with E-state index in [2.05, 4.69) is 16.3 Å². The van der Waals surface area contributed by atoms with Gasteiger partial charge in [0.05, 0.1) is 12.2 Å². The number of nitrogens with one attached hydrogen (secondary N) is 1. The molecule has 96 valence electrons. The van der Waals surface area contributed by atoms with Crippen LogP contribution in [-0.4, -0.2) is 22.2 Å². The summed E-state index contributed by atoms with van der Waals surface area (Å²) in [5.74, 6) is 1.63. The largest absolute Gasteiger partial charge is 0.340 e. The highest BCUT2D eigenvalue weighted by Crippen LogP contribution is 2.20. The van der Waals surface area contributed by atoms with E-state index in [1.54, 1.807) is 25.2 Å². The van der Waals surface area contributed by atoms with Gasteiger partial charge >= 0.3 is 0 Å². The quantitative estimate of drug-likeness (QED) is 0.849. The standard InChI is InChI=1S/C14H12FN3O/c1-3-7-16-14(19)12-9-13(18(2)17-12)10-5-4-6-11(15)8-10/h1,4-6,8-9H,7H2,2H3,(H,16,19). The van der Waals surface area contributed by atoms with E-state index in [1.807, 2.05) is 0 Å². The van der Waals surface area contributed by atoms with Gasteiger partial charge in [0, 0.05) is 12.6 Å². The van der Waals surface area contributed by atoms with Crippen molar-refractivity contribution in [3.05, 3.63) is 41.8 Å². The number of carbonyl (C=O) groups is 1. The smallest absolute Gasteiger partial charge is 0.272 e. The Bertz CT molecular complexity index is 655. The molecule has 4 nitrogen and oxygen atoms in total. The SMILES string of the molecule is C#CCNC(=O)c1cc(-c2cccc(F)c2)n(C)n1. The first kappa shape index (κ1) is 12.8. The third-order valence-electron chi connectivity index (χ3n) is 2.58. The Morgan fingerprint density at radius 2 is 2.32 bits per heavy atom. The topological polar surface area (TPSA) is 46.9 Å². The van der Waals surface area contributed by atoms with Gasteiger partial charge in [-0.1, -0.05) is 18.1 Å². The number of terminal acetylenes is 1. The van der Waals surface area contributed by atoms with Crippen molar-refractivity contribution < 1.29 is 9.18 Å². The molecule has 1 amide bonds. The van der Waals surface area contributed by atoms with Crippen molar-refractivity contribution in [2.75, 3.05) is 6.54 Å². The van der Waals surface area contributed by atoms with Crippen molar-refractivity contribution >= 4 is 5.91 Å². The van der Waals surface area contributed by atoms with Gasteiger partial charge in [0.15, 0.2) is 5.69 Å². The second kappa shape index (κ2) is 5.36. The summed E-state index contributed by atoms with van der Waals surface area (Å²) in [5.41, 5.74) is 1.56. The fourth-order valence-corrected chi connectivity index (χ4v) is 1.72. The van der Waals surface area contributed by atoms with Crippen LogP contribution < -0.4 is 5.32 Å². The van der Waals surface area contributed by atoms with Gasteiger partial charge in [-0.15, -0.1) is 6.42 Å². The summed E-state index contributed by atoms with van der Waals surface area (Å²) in [6.45, 7) is 0.144. The third-order valence-corrected chi connectivity index (χ3v) is 2.58. The third kappa shape index (κ3) is 2.80. The number of halogens is 1. The van der Waals surface area contributed by atoms with E-state index in [0.717, 1.165) is 0 Å². The Morgan fingerprint density at radius 3 is 3.00 bits per heavy atom. The number of carbonyl (C=O) groups excluding carboxylic acids is 1. The van der Waals surface area contributed by atoms with Crippen molar-refractivity contribution in [2.45, 2.75) is 0 Å². The Morgan fingerprint density at radius 1 is 1.53 bits per heavy atom. The summed E-state index contributed by atoms with van der Waals surface area (Å²) in [7, 11) is 1.69. The van der Waals surface area contributed by atoms with E-state index in [1.165, 1.54) is 16.8 Å². The van der Waals surface area contributed by atoms with Crippen LogP contribution in [0.2, 0.25) is 0 Å². The van der Waals surface area contributed by atoms with Crippen LogP contribution in [0.5, 0.6) is 0 Å². The highest BCUT2D eigenvalue weighted by atomic mass is 19.1. The molecule has 2 aromatic rings. The predicted molar refractivity (Wildman–Crippen MR) is 69.8 cm³/mol. The molecule has 0 aliphatic carbocycles. The molecule has 0 aliphatic rings. The molecule has 0 atom stereocenters. The first-order valence-electron chi connectivity index (χ1n) is 5.63. The molecule has 0 fully saturated rings. The van der Waals surface area contributed by atoms with Crippen LogP contribution >= 0.6 is 0 Å². The van der Waals surface area contributed by atoms with E-state index >= 15 is 0 Å². The number of aryl methyl sites for hydroxylation is 1. The molecular formula is C14H12FN3O.